The zero-order valence-corrected chi connectivity index (χ0v) is 22.5. The Morgan fingerprint density at radius 3 is 2.49 bits per heavy atom. The summed E-state index contributed by atoms with van der Waals surface area (Å²) in [4.78, 5) is 29.2. The average Bonchev–Trinajstić information content (AvgIpc) is 3.50. The van der Waals surface area contributed by atoms with Crippen molar-refractivity contribution in [3.05, 3.63) is 46.7 Å². The first kappa shape index (κ1) is 27.4. The summed E-state index contributed by atoms with van der Waals surface area (Å²) < 4.78 is 44.6. The van der Waals surface area contributed by atoms with Crippen molar-refractivity contribution in [1.29, 1.82) is 0 Å². The molecule has 1 spiro atoms. The zero-order chi connectivity index (χ0) is 27.6. The van der Waals surface area contributed by atoms with Crippen LogP contribution in [0, 0.1) is 30.4 Å². The molecule has 0 radical (unpaired) electrons. The van der Waals surface area contributed by atoms with Gasteiger partial charge in [0.1, 0.15) is 17.2 Å². The largest absolute Gasteiger partial charge is 0.479 e. The van der Waals surface area contributed by atoms with Crippen LogP contribution in [0.25, 0.3) is 0 Å². The Balaban J connectivity index is 1.05. The van der Waals surface area contributed by atoms with Gasteiger partial charge in [-0.2, -0.15) is 0 Å². The Hall–Kier alpha value is -3.21. The normalized spacial score (nSPS) is 23.2. The lowest BCUT2D eigenvalue weighted by Gasteiger charge is -2.37. The van der Waals surface area contributed by atoms with Crippen molar-refractivity contribution in [1.82, 2.24) is 20.3 Å². The molecule has 5 rings (SSSR count). The summed E-state index contributed by atoms with van der Waals surface area (Å²) in [5.74, 6) is 0.137. The maximum absolute atomic E-state index is 14.3. The monoisotopic (exact) mass is 546 g/mol. The van der Waals surface area contributed by atoms with Gasteiger partial charge in [-0.25, -0.2) is 13.6 Å². The maximum Gasteiger partial charge on any atom is 0.410 e. The number of hydrogen-bond donors (Lipinski definition) is 1. The van der Waals surface area contributed by atoms with Gasteiger partial charge in [0.2, 0.25) is 5.91 Å². The van der Waals surface area contributed by atoms with Crippen LogP contribution in [0.3, 0.4) is 0 Å². The minimum atomic E-state index is -0.543. The number of carbonyl (C=O) groups is 2. The fourth-order valence-electron chi connectivity index (χ4n) is 6.03. The summed E-state index contributed by atoms with van der Waals surface area (Å²) in [7, 11) is 1.50. The maximum atomic E-state index is 14.3. The number of piperidine rings is 1. The van der Waals surface area contributed by atoms with Crippen LogP contribution in [-0.2, 0) is 22.6 Å². The van der Waals surface area contributed by atoms with Crippen LogP contribution in [0.1, 0.15) is 55.4 Å². The molecule has 0 bridgehead atoms. The number of aromatic nitrogens is 1. The highest BCUT2D eigenvalue weighted by atomic mass is 19.1. The zero-order valence-electron chi connectivity index (χ0n) is 22.5. The third-order valence-corrected chi connectivity index (χ3v) is 8.35. The molecule has 0 atom stereocenters. The second kappa shape index (κ2) is 11.5. The van der Waals surface area contributed by atoms with Gasteiger partial charge in [-0.05, 0) is 61.4 Å². The third-order valence-electron chi connectivity index (χ3n) is 8.35. The van der Waals surface area contributed by atoms with E-state index in [1.807, 2.05) is 4.90 Å². The first-order chi connectivity index (χ1) is 18.7. The Labute approximate surface area is 226 Å². The van der Waals surface area contributed by atoms with Crippen molar-refractivity contribution in [2.45, 2.75) is 64.1 Å². The van der Waals surface area contributed by atoms with E-state index >= 15 is 0 Å². The number of halogens is 2. The highest BCUT2D eigenvalue weighted by Gasteiger charge is 2.47. The van der Waals surface area contributed by atoms with Gasteiger partial charge < -0.3 is 24.2 Å². The van der Waals surface area contributed by atoms with Crippen molar-refractivity contribution in [3.8, 4) is 5.88 Å². The van der Waals surface area contributed by atoms with E-state index < -0.39 is 17.2 Å². The molecule has 3 heterocycles. The number of likely N-dealkylation sites (tertiary alicyclic amines) is 1. The molecule has 0 unspecified atom stereocenters. The number of nitrogens with one attached hydrogen (secondary N) is 1. The number of ether oxygens (including phenoxy) is 2. The predicted octanol–water partition coefficient (Wildman–Crippen LogP) is 4.18. The van der Waals surface area contributed by atoms with E-state index in [0.717, 1.165) is 25.7 Å². The van der Waals surface area contributed by atoms with Crippen molar-refractivity contribution < 1.29 is 32.4 Å². The van der Waals surface area contributed by atoms with Crippen LogP contribution < -0.4 is 10.1 Å². The van der Waals surface area contributed by atoms with E-state index in [-0.39, 0.29) is 36.6 Å². The highest BCUT2D eigenvalue weighted by molar-refractivity contribution is 5.78. The van der Waals surface area contributed by atoms with Gasteiger partial charge in [0.15, 0.2) is 5.76 Å². The van der Waals surface area contributed by atoms with E-state index in [4.69, 9.17) is 14.0 Å². The number of aryl methyl sites for hydroxylation is 1. The van der Waals surface area contributed by atoms with Crippen molar-refractivity contribution in [2.24, 2.45) is 11.8 Å². The van der Waals surface area contributed by atoms with Gasteiger partial charge in [0.05, 0.1) is 20.2 Å². The quantitative estimate of drug-likeness (QED) is 0.531. The number of methoxy groups -OCH3 is 1. The molecule has 1 aliphatic carbocycles. The van der Waals surface area contributed by atoms with Crippen LogP contribution in [0.5, 0.6) is 5.88 Å². The summed E-state index contributed by atoms with van der Waals surface area (Å²) in [6, 6.07) is 4.36. The first-order valence-corrected chi connectivity index (χ1v) is 13.7. The molecular weight excluding hydrogens is 510 g/mol. The van der Waals surface area contributed by atoms with E-state index in [1.165, 1.54) is 19.2 Å². The van der Waals surface area contributed by atoms with E-state index in [9.17, 15) is 18.4 Å². The fourth-order valence-corrected chi connectivity index (χ4v) is 6.03. The van der Waals surface area contributed by atoms with Crippen molar-refractivity contribution in [2.75, 3.05) is 33.3 Å². The van der Waals surface area contributed by atoms with E-state index in [1.54, 1.807) is 17.9 Å². The molecule has 3 aliphatic rings. The Kier molecular flexibility index (Phi) is 8.06. The summed E-state index contributed by atoms with van der Waals surface area (Å²) >= 11 is 0. The Morgan fingerprint density at radius 2 is 1.85 bits per heavy atom. The minimum Gasteiger partial charge on any atom is -0.479 e. The van der Waals surface area contributed by atoms with E-state index in [2.05, 4.69) is 10.5 Å². The summed E-state index contributed by atoms with van der Waals surface area (Å²) in [5.41, 5.74) is 0.104. The second-order valence-corrected chi connectivity index (χ2v) is 11.2. The van der Waals surface area contributed by atoms with Gasteiger partial charge in [-0.1, -0.05) is 0 Å². The topological polar surface area (TPSA) is 97.1 Å². The fraction of sp³-hybridized carbons (Fsp3) is 0.607. The SMILES string of the molecule is COc1cc(CNC(=O)[C@H]2CC[C@H](CN3CC4(CCN(Cc5c(F)cc(C)cc5F)CC4)OC3=O)CC2)on1. The highest BCUT2D eigenvalue weighted by Crippen LogP contribution is 2.36. The molecule has 212 valence electrons. The lowest BCUT2D eigenvalue weighted by Crippen LogP contribution is -2.47. The number of rotatable bonds is 8. The summed E-state index contributed by atoms with van der Waals surface area (Å²) in [6.45, 7) is 4.51. The lowest BCUT2D eigenvalue weighted by molar-refractivity contribution is -0.126. The summed E-state index contributed by atoms with van der Waals surface area (Å²) in [5, 5.41) is 6.64. The Bertz CT molecular complexity index is 1170. The minimum absolute atomic E-state index is 0.000474. The van der Waals surface area contributed by atoms with Gasteiger partial charge in [-0.15, -0.1) is 0 Å². The number of amides is 2. The predicted molar refractivity (Wildman–Crippen MR) is 137 cm³/mol. The van der Waals surface area contributed by atoms with Crippen LogP contribution in [0.4, 0.5) is 13.6 Å². The third kappa shape index (κ3) is 6.34. The molecule has 1 aromatic carbocycles. The molecule has 11 heteroatoms. The first-order valence-electron chi connectivity index (χ1n) is 13.7. The van der Waals surface area contributed by atoms with Crippen LogP contribution in [-0.4, -0.2) is 65.8 Å². The average molecular weight is 547 g/mol. The van der Waals surface area contributed by atoms with Gasteiger partial charge in [0.25, 0.3) is 5.88 Å². The molecule has 1 N–H and O–H groups in total. The molecule has 9 nitrogen and oxygen atoms in total. The smallest absolute Gasteiger partial charge is 0.410 e. The van der Waals surface area contributed by atoms with Crippen molar-refractivity contribution >= 4 is 12.0 Å². The number of hydrogen-bond acceptors (Lipinski definition) is 7. The van der Waals surface area contributed by atoms with Crippen LogP contribution >= 0.6 is 0 Å². The molecule has 2 aliphatic heterocycles. The molecule has 2 amide bonds. The summed E-state index contributed by atoms with van der Waals surface area (Å²) in [6.07, 6.45) is 4.25. The van der Waals surface area contributed by atoms with E-state index in [0.29, 0.717) is 62.1 Å². The van der Waals surface area contributed by atoms with Crippen LogP contribution in [0.15, 0.2) is 22.7 Å². The molecular formula is C28H36F2N4O5. The molecule has 2 saturated heterocycles. The number of carbonyl (C=O) groups excluding carboxylic acids is 2. The van der Waals surface area contributed by atoms with Gasteiger partial charge in [-0.3, -0.25) is 9.69 Å². The molecule has 1 saturated carbocycles. The van der Waals surface area contributed by atoms with Crippen LogP contribution in [0.2, 0.25) is 0 Å². The second-order valence-electron chi connectivity index (χ2n) is 11.2. The molecule has 1 aromatic heterocycles. The molecule has 3 fully saturated rings. The van der Waals surface area contributed by atoms with Gasteiger partial charge >= 0.3 is 6.09 Å². The Morgan fingerprint density at radius 1 is 1.15 bits per heavy atom. The number of benzene rings is 1. The molecule has 2 aromatic rings. The van der Waals surface area contributed by atoms with Gasteiger partial charge in [0, 0.05) is 56.6 Å². The number of nitrogens with zero attached hydrogens (tertiary/aromatic N) is 3. The van der Waals surface area contributed by atoms with Crippen molar-refractivity contribution in [3.63, 3.8) is 0 Å². The molecule has 39 heavy (non-hydrogen) atoms. The standard InChI is InChI=1S/C28H36F2N4O5/c1-18-11-23(29)22(24(30)12-18)16-33-9-7-28(8-10-33)17-34(27(36)38-28)15-19-3-5-20(6-4-19)26(35)31-14-21-13-25(37-2)32-39-21/h11-13,19-20H,3-10,14-17H2,1-2H3,(H,31,35)/t19-,20-. The lowest BCUT2D eigenvalue weighted by atomic mass is 9.81.